The molecular weight excluding hydrogens is 252 g/mol. The normalized spacial score (nSPS) is 21.0. The average Bonchev–Trinajstić information content (AvgIpc) is 2.47. The summed E-state index contributed by atoms with van der Waals surface area (Å²) in [4.78, 5) is 2.53. The third kappa shape index (κ3) is 6.53. The first-order chi connectivity index (χ1) is 9.63. The van der Waals surface area contributed by atoms with Crippen LogP contribution >= 0.6 is 0 Å². The summed E-state index contributed by atoms with van der Waals surface area (Å²) in [6, 6.07) is 0. The minimum atomic E-state index is -0.111. The van der Waals surface area contributed by atoms with Crippen molar-refractivity contribution in [1.82, 2.24) is 10.2 Å². The van der Waals surface area contributed by atoms with E-state index in [0.717, 1.165) is 52.0 Å². The second-order valence-corrected chi connectivity index (χ2v) is 6.25. The highest BCUT2D eigenvalue weighted by atomic mass is 16.5. The number of nitrogens with one attached hydrogen (secondary N) is 1. The van der Waals surface area contributed by atoms with Gasteiger partial charge in [0.1, 0.15) is 0 Å². The van der Waals surface area contributed by atoms with E-state index in [9.17, 15) is 5.11 Å². The Morgan fingerprint density at radius 3 is 2.55 bits per heavy atom. The summed E-state index contributed by atoms with van der Waals surface area (Å²) < 4.78 is 5.68. The topological polar surface area (TPSA) is 44.7 Å². The summed E-state index contributed by atoms with van der Waals surface area (Å²) in [6.07, 6.45) is 6.10. The minimum absolute atomic E-state index is 0.111. The molecule has 0 radical (unpaired) electrons. The maximum Gasteiger partial charge on any atom is 0.0610 e. The molecule has 0 amide bonds. The molecule has 0 saturated carbocycles. The van der Waals surface area contributed by atoms with Gasteiger partial charge in [-0.2, -0.15) is 0 Å². The molecule has 1 saturated heterocycles. The largest absolute Gasteiger partial charge is 0.394 e. The van der Waals surface area contributed by atoms with Gasteiger partial charge in [-0.25, -0.2) is 0 Å². The van der Waals surface area contributed by atoms with Crippen molar-refractivity contribution in [3.8, 4) is 0 Å². The number of piperidine rings is 1. The molecule has 0 aromatic rings. The number of likely N-dealkylation sites (tertiary alicyclic amines) is 1. The molecule has 0 aromatic heterocycles. The predicted octanol–water partition coefficient (Wildman–Crippen LogP) is 2.02. The predicted molar refractivity (Wildman–Crippen MR) is 84.1 cm³/mol. The Balaban J connectivity index is 2.17. The highest BCUT2D eigenvalue weighted by Crippen LogP contribution is 2.16. The number of ether oxygens (including phenoxy) is 1. The molecule has 4 heteroatoms. The van der Waals surface area contributed by atoms with Gasteiger partial charge in [-0.15, -0.1) is 0 Å². The van der Waals surface area contributed by atoms with Crippen molar-refractivity contribution in [1.29, 1.82) is 0 Å². The second-order valence-electron chi connectivity index (χ2n) is 6.25. The Morgan fingerprint density at radius 2 is 2.00 bits per heavy atom. The van der Waals surface area contributed by atoms with E-state index in [1.54, 1.807) is 0 Å². The van der Waals surface area contributed by atoms with Crippen LogP contribution in [0.5, 0.6) is 0 Å². The summed E-state index contributed by atoms with van der Waals surface area (Å²) >= 11 is 0. The van der Waals surface area contributed by atoms with Crippen LogP contribution in [0.3, 0.4) is 0 Å². The molecule has 1 atom stereocenters. The van der Waals surface area contributed by atoms with Crippen LogP contribution in [0.4, 0.5) is 0 Å². The van der Waals surface area contributed by atoms with Gasteiger partial charge in [0.25, 0.3) is 0 Å². The fourth-order valence-corrected chi connectivity index (χ4v) is 2.88. The molecule has 1 aliphatic rings. The van der Waals surface area contributed by atoms with Gasteiger partial charge >= 0.3 is 0 Å². The Bertz CT molecular complexity index is 243. The number of nitrogens with zero attached hydrogens (tertiary/aromatic N) is 1. The number of hydrogen-bond donors (Lipinski definition) is 2. The van der Waals surface area contributed by atoms with E-state index in [1.807, 2.05) is 0 Å². The second kappa shape index (κ2) is 9.72. The zero-order valence-corrected chi connectivity index (χ0v) is 13.7. The summed E-state index contributed by atoms with van der Waals surface area (Å²) in [5.41, 5.74) is -0.111. The first kappa shape index (κ1) is 17.9. The number of aliphatic hydroxyl groups excluding tert-OH is 1. The molecule has 4 nitrogen and oxygen atoms in total. The van der Waals surface area contributed by atoms with Gasteiger partial charge in [-0.05, 0) is 59.0 Å². The van der Waals surface area contributed by atoms with Crippen molar-refractivity contribution < 1.29 is 9.84 Å². The third-order valence-corrected chi connectivity index (χ3v) is 4.29. The molecule has 0 spiro atoms. The SMILES string of the molecule is CCCNC(C)(CO)CCCN1CCC(OCC)CC1. The third-order valence-electron chi connectivity index (χ3n) is 4.29. The Morgan fingerprint density at radius 1 is 1.30 bits per heavy atom. The molecule has 0 aliphatic carbocycles. The van der Waals surface area contributed by atoms with Crippen LogP contribution in [0, 0.1) is 0 Å². The fraction of sp³-hybridized carbons (Fsp3) is 1.00. The number of aliphatic hydroxyl groups is 1. The van der Waals surface area contributed by atoms with E-state index in [4.69, 9.17) is 4.74 Å². The van der Waals surface area contributed by atoms with Gasteiger partial charge in [-0.3, -0.25) is 0 Å². The molecule has 1 rings (SSSR count). The molecule has 2 N–H and O–H groups in total. The summed E-state index contributed by atoms with van der Waals surface area (Å²) in [6.45, 7) is 11.9. The Hall–Kier alpha value is -0.160. The van der Waals surface area contributed by atoms with Crippen molar-refractivity contribution in [3.63, 3.8) is 0 Å². The molecule has 1 aliphatic heterocycles. The minimum Gasteiger partial charge on any atom is -0.394 e. The van der Waals surface area contributed by atoms with E-state index in [1.165, 1.54) is 12.8 Å². The van der Waals surface area contributed by atoms with Gasteiger partial charge in [0.15, 0.2) is 0 Å². The quantitative estimate of drug-likeness (QED) is 0.645. The maximum absolute atomic E-state index is 9.55. The first-order valence-electron chi connectivity index (χ1n) is 8.33. The fourth-order valence-electron chi connectivity index (χ4n) is 2.88. The van der Waals surface area contributed by atoms with E-state index < -0.39 is 0 Å². The van der Waals surface area contributed by atoms with Gasteiger partial charge < -0.3 is 20.1 Å². The highest BCUT2D eigenvalue weighted by Gasteiger charge is 2.23. The lowest BCUT2D eigenvalue weighted by atomic mass is 9.96. The average molecular weight is 286 g/mol. The van der Waals surface area contributed by atoms with Crippen LogP contribution in [-0.2, 0) is 4.74 Å². The molecular formula is C16H34N2O2. The molecule has 1 fully saturated rings. The van der Waals surface area contributed by atoms with Gasteiger partial charge in [0.2, 0.25) is 0 Å². The van der Waals surface area contributed by atoms with E-state index >= 15 is 0 Å². The van der Waals surface area contributed by atoms with Crippen LogP contribution < -0.4 is 5.32 Å². The zero-order chi connectivity index (χ0) is 14.8. The molecule has 120 valence electrons. The summed E-state index contributed by atoms with van der Waals surface area (Å²) in [7, 11) is 0. The molecule has 1 heterocycles. The summed E-state index contributed by atoms with van der Waals surface area (Å²) in [5.74, 6) is 0. The van der Waals surface area contributed by atoms with E-state index in [-0.39, 0.29) is 12.1 Å². The van der Waals surface area contributed by atoms with Crippen LogP contribution in [0.2, 0.25) is 0 Å². The van der Waals surface area contributed by atoms with E-state index in [0.29, 0.717) is 6.10 Å². The lowest BCUT2D eigenvalue weighted by molar-refractivity contribution is 0.0134. The summed E-state index contributed by atoms with van der Waals surface area (Å²) in [5, 5.41) is 13.0. The molecule has 0 bridgehead atoms. The monoisotopic (exact) mass is 286 g/mol. The van der Waals surface area contributed by atoms with Crippen LogP contribution in [0.15, 0.2) is 0 Å². The highest BCUT2D eigenvalue weighted by molar-refractivity contribution is 4.83. The van der Waals surface area contributed by atoms with Crippen molar-refractivity contribution in [2.24, 2.45) is 0 Å². The van der Waals surface area contributed by atoms with Gasteiger partial charge in [0.05, 0.1) is 12.7 Å². The number of rotatable bonds is 10. The zero-order valence-electron chi connectivity index (χ0n) is 13.7. The van der Waals surface area contributed by atoms with Crippen LogP contribution in [0.25, 0.3) is 0 Å². The van der Waals surface area contributed by atoms with Crippen molar-refractivity contribution in [2.75, 3.05) is 39.4 Å². The Kier molecular flexibility index (Phi) is 8.69. The lowest BCUT2D eigenvalue weighted by Gasteiger charge is -2.33. The number of hydrogen-bond acceptors (Lipinski definition) is 4. The van der Waals surface area contributed by atoms with Crippen molar-refractivity contribution in [2.45, 2.75) is 64.5 Å². The van der Waals surface area contributed by atoms with Gasteiger partial charge in [0, 0.05) is 25.2 Å². The smallest absolute Gasteiger partial charge is 0.0610 e. The van der Waals surface area contributed by atoms with Crippen LogP contribution in [-0.4, -0.2) is 61.0 Å². The Labute approximate surface area is 124 Å². The molecule has 0 aromatic carbocycles. The lowest BCUT2D eigenvalue weighted by Crippen LogP contribution is -2.46. The van der Waals surface area contributed by atoms with Crippen molar-refractivity contribution >= 4 is 0 Å². The first-order valence-corrected chi connectivity index (χ1v) is 8.33. The van der Waals surface area contributed by atoms with Crippen molar-refractivity contribution in [3.05, 3.63) is 0 Å². The van der Waals surface area contributed by atoms with Gasteiger partial charge in [-0.1, -0.05) is 6.92 Å². The van der Waals surface area contributed by atoms with Crippen LogP contribution in [0.1, 0.15) is 52.9 Å². The van der Waals surface area contributed by atoms with E-state index in [2.05, 4.69) is 31.0 Å². The standard InChI is InChI=1S/C16H34N2O2/c1-4-10-17-16(3,14-19)9-6-11-18-12-7-15(8-13-18)20-5-2/h15,17,19H,4-14H2,1-3H3. The maximum atomic E-state index is 9.55. The molecule has 20 heavy (non-hydrogen) atoms. The molecule has 1 unspecified atom stereocenters.